The lowest BCUT2D eigenvalue weighted by Gasteiger charge is -2.10. The Morgan fingerprint density at radius 1 is 1.09 bits per heavy atom. The summed E-state index contributed by atoms with van der Waals surface area (Å²) in [6.07, 6.45) is 2.49. The van der Waals surface area contributed by atoms with E-state index in [2.05, 4.69) is 12.0 Å². The van der Waals surface area contributed by atoms with E-state index >= 15 is 0 Å². The molecule has 0 atom stereocenters. The summed E-state index contributed by atoms with van der Waals surface area (Å²) in [6.45, 7) is 2.87. The van der Waals surface area contributed by atoms with Crippen molar-refractivity contribution in [3.05, 3.63) is 60.2 Å². The quantitative estimate of drug-likeness (QED) is 0.757. The minimum absolute atomic E-state index is 0.00512. The monoisotopic (exact) mass is 308 g/mol. The number of nitrogens with zero attached hydrogens (tertiary/aromatic N) is 2. The van der Waals surface area contributed by atoms with Crippen molar-refractivity contribution in [3.63, 3.8) is 0 Å². The molecule has 0 radical (unpaired) electrons. The zero-order chi connectivity index (χ0) is 16.1. The van der Waals surface area contributed by atoms with Gasteiger partial charge < -0.3 is 4.74 Å². The molecular formula is C19H20N2O2. The number of hydrazone groups is 1. The Hall–Kier alpha value is -2.62. The van der Waals surface area contributed by atoms with Gasteiger partial charge >= 0.3 is 0 Å². The predicted molar refractivity (Wildman–Crippen MR) is 91.9 cm³/mol. The van der Waals surface area contributed by atoms with Crippen LogP contribution in [-0.4, -0.2) is 18.2 Å². The summed E-state index contributed by atoms with van der Waals surface area (Å²) in [7, 11) is 0. The number of ether oxygens (including phenoxy) is 1. The summed E-state index contributed by atoms with van der Waals surface area (Å²) in [5.74, 6) is 0.849. The molecule has 0 saturated heterocycles. The van der Waals surface area contributed by atoms with Crippen molar-refractivity contribution < 1.29 is 9.53 Å². The number of carbonyl (C=O) groups is 1. The van der Waals surface area contributed by atoms with Crippen LogP contribution >= 0.6 is 0 Å². The number of anilines is 1. The second-order valence-corrected chi connectivity index (χ2v) is 5.49. The number of hydrogen-bond donors (Lipinski definition) is 0. The van der Waals surface area contributed by atoms with Gasteiger partial charge in [0.05, 0.1) is 24.4 Å². The van der Waals surface area contributed by atoms with Gasteiger partial charge in [-0.2, -0.15) is 5.10 Å². The topological polar surface area (TPSA) is 41.9 Å². The highest BCUT2D eigenvalue weighted by molar-refractivity contribution is 6.19. The number of para-hydroxylation sites is 1. The number of unbranched alkanes of at least 4 members (excludes halogenated alkanes) is 1. The van der Waals surface area contributed by atoms with Gasteiger partial charge in [0.15, 0.2) is 0 Å². The molecular weight excluding hydrogens is 288 g/mol. The summed E-state index contributed by atoms with van der Waals surface area (Å²) in [5, 5.41) is 5.95. The highest BCUT2D eigenvalue weighted by atomic mass is 16.5. The fourth-order valence-electron chi connectivity index (χ4n) is 2.44. The van der Waals surface area contributed by atoms with E-state index in [1.54, 1.807) is 0 Å². The van der Waals surface area contributed by atoms with Crippen molar-refractivity contribution in [1.82, 2.24) is 0 Å². The van der Waals surface area contributed by atoms with Gasteiger partial charge in [0.2, 0.25) is 0 Å². The summed E-state index contributed by atoms with van der Waals surface area (Å²) < 4.78 is 5.66. The Bertz CT molecular complexity index is 693. The van der Waals surface area contributed by atoms with E-state index in [4.69, 9.17) is 4.74 Å². The van der Waals surface area contributed by atoms with Gasteiger partial charge in [-0.05, 0) is 48.4 Å². The van der Waals surface area contributed by atoms with Gasteiger partial charge in [-0.25, -0.2) is 5.01 Å². The first-order chi connectivity index (χ1) is 11.3. The molecule has 4 heteroatoms. The van der Waals surface area contributed by atoms with E-state index in [1.807, 2.05) is 54.6 Å². The third-order valence-electron chi connectivity index (χ3n) is 3.73. The summed E-state index contributed by atoms with van der Waals surface area (Å²) in [5.41, 5.74) is 2.55. The highest BCUT2D eigenvalue weighted by Gasteiger charge is 2.25. The number of carbonyl (C=O) groups excluding carboxylic acids is 1. The fraction of sp³-hybridized carbons (Fsp3) is 0.263. The Labute approximate surface area is 136 Å². The molecule has 2 aromatic rings. The summed E-state index contributed by atoms with van der Waals surface area (Å²) in [6, 6.07) is 17.3. The van der Waals surface area contributed by atoms with Crippen molar-refractivity contribution in [2.24, 2.45) is 5.10 Å². The van der Waals surface area contributed by atoms with Crippen LogP contribution in [0.2, 0.25) is 0 Å². The predicted octanol–water partition coefficient (Wildman–Crippen LogP) is 4.01. The molecule has 0 unspecified atom stereocenters. The first-order valence-electron chi connectivity index (χ1n) is 7.96. The molecule has 0 saturated carbocycles. The summed E-state index contributed by atoms with van der Waals surface area (Å²) in [4.78, 5) is 12.2. The van der Waals surface area contributed by atoms with E-state index in [0.717, 1.165) is 42.2 Å². The van der Waals surface area contributed by atoms with E-state index in [1.165, 1.54) is 5.01 Å². The minimum Gasteiger partial charge on any atom is -0.494 e. The van der Waals surface area contributed by atoms with Crippen LogP contribution in [0.25, 0.3) is 0 Å². The highest BCUT2D eigenvalue weighted by Crippen LogP contribution is 2.23. The Balaban J connectivity index is 1.73. The lowest BCUT2D eigenvalue weighted by molar-refractivity contribution is -0.116. The molecule has 0 spiro atoms. The standard InChI is InChI=1S/C19H20N2O2/c1-2-3-13-23-17-11-9-15(10-12-17)18-14-19(22)21(20-18)16-7-5-4-6-8-16/h4-12H,2-3,13-14H2,1H3. The zero-order valence-corrected chi connectivity index (χ0v) is 13.2. The average Bonchev–Trinajstić information content (AvgIpc) is 2.98. The molecule has 0 fully saturated rings. The van der Waals surface area contributed by atoms with Gasteiger partial charge in [-0.15, -0.1) is 0 Å². The molecule has 0 aliphatic carbocycles. The second-order valence-electron chi connectivity index (χ2n) is 5.49. The van der Waals surface area contributed by atoms with Crippen molar-refractivity contribution in [2.75, 3.05) is 11.6 Å². The molecule has 1 heterocycles. The molecule has 2 aromatic carbocycles. The van der Waals surface area contributed by atoms with E-state index < -0.39 is 0 Å². The average molecular weight is 308 g/mol. The Morgan fingerprint density at radius 3 is 2.52 bits per heavy atom. The zero-order valence-electron chi connectivity index (χ0n) is 13.2. The molecule has 0 bridgehead atoms. The molecule has 0 aromatic heterocycles. The van der Waals surface area contributed by atoms with Crippen molar-refractivity contribution >= 4 is 17.3 Å². The van der Waals surface area contributed by atoms with Crippen LogP contribution in [0.4, 0.5) is 5.69 Å². The van der Waals surface area contributed by atoms with E-state index in [-0.39, 0.29) is 5.91 Å². The van der Waals surface area contributed by atoms with Crippen LogP contribution < -0.4 is 9.75 Å². The maximum absolute atomic E-state index is 12.2. The van der Waals surface area contributed by atoms with Gasteiger partial charge in [-0.1, -0.05) is 31.5 Å². The molecule has 1 aliphatic rings. The summed E-state index contributed by atoms with van der Waals surface area (Å²) >= 11 is 0. The maximum atomic E-state index is 12.2. The largest absolute Gasteiger partial charge is 0.494 e. The smallest absolute Gasteiger partial charge is 0.253 e. The van der Waals surface area contributed by atoms with Crippen LogP contribution in [0.15, 0.2) is 59.7 Å². The first-order valence-corrected chi connectivity index (χ1v) is 7.96. The number of benzene rings is 2. The minimum atomic E-state index is -0.00512. The van der Waals surface area contributed by atoms with Gasteiger partial charge in [0.1, 0.15) is 5.75 Å². The molecule has 118 valence electrons. The molecule has 23 heavy (non-hydrogen) atoms. The Kier molecular flexibility index (Phi) is 4.71. The van der Waals surface area contributed by atoms with Gasteiger partial charge in [-0.3, -0.25) is 4.79 Å². The number of rotatable bonds is 6. The first kappa shape index (κ1) is 15.3. The van der Waals surface area contributed by atoms with Gasteiger partial charge in [0.25, 0.3) is 5.91 Å². The third kappa shape index (κ3) is 3.59. The van der Waals surface area contributed by atoms with Crippen molar-refractivity contribution in [3.8, 4) is 5.75 Å². The number of hydrogen-bond acceptors (Lipinski definition) is 3. The maximum Gasteiger partial charge on any atom is 0.253 e. The molecule has 4 nitrogen and oxygen atoms in total. The fourth-order valence-corrected chi connectivity index (χ4v) is 2.44. The van der Waals surface area contributed by atoms with Crippen LogP contribution in [0.3, 0.4) is 0 Å². The van der Waals surface area contributed by atoms with Crippen LogP contribution in [0.5, 0.6) is 5.75 Å². The van der Waals surface area contributed by atoms with Crippen LogP contribution in [-0.2, 0) is 4.79 Å². The SMILES string of the molecule is CCCCOc1ccc(C2=NN(c3ccccc3)C(=O)C2)cc1. The van der Waals surface area contributed by atoms with E-state index in [0.29, 0.717) is 6.42 Å². The van der Waals surface area contributed by atoms with Crippen molar-refractivity contribution in [1.29, 1.82) is 0 Å². The molecule has 1 aliphatic heterocycles. The molecule has 0 N–H and O–H groups in total. The normalized spacial score (nSPS) is 14.0. The van der Waals surface area contributed by atoms with E-state index in [9.17, 15) is 4.79 Å². The lowest BCUT2D eigenvalue weighted by atomic mass is 10.1. The third-order valence-corrected chi connectivity index (χ3v) is 3.73. The van der Waals surface area contributed by atoms with Crippen molar-refractivity contribution in [2.45, 2.75) is 26.2 Å². The van der Waals surface area contributed by atoms with Crippen LogP contribution in [0, 0.1) is 0 Å². The molecule has 3 rings (SSSR count). The molecule has 1 amide bonds. The second kappa shape index (κ2) is 7.09. The lowest BCUT2D eigenvalue weighted by Crippen LogP contribution is -2.19. The van der Waals surface area contributed by atoms with Gasteiger partial charge in [0, 0.05) is 0 Å². The number of amides is 1. The van der Waals surface area contributed by atoms with Crippen LogP contribution in [0.1, 0.15) is 31.7 Å². The Morgan fingerprint density at radius 2 is 1.83 bits per heavy atom.